The lowest BCUT2D eigenvalue weighted by molar-refractivity contribution is -0.119. The fourth-order valence-corrected chi connectivity index (χ4v) is 1.13. The summed E-state index contributed by atoms with van der Waals surface area (Å²) >= 11 is 5.07. The summed E-state index contributed by atoms with van der Waals surface area (Å²) in [4.78, 5) is 10.7. The normalized spacial score (nSPS) is 11.2. The van der Waals surface area contributed by atoms with Crippen LogP contribution < -0.4 is 10.0 Å². The Balaban J connectivity index is 3.76. The lowest BCUT2D eigenvalue weighted by atomic mass is 10.6. The van der Waals surface area contributed by atoms with Gasteiger partial charge in [-0.1, -0.05) is 0 Å². The molecule has 0 aliphatic carbocycles. The minimum atomic E-state index is -3.48. The van der Waals surface area contributed by atoms with Crippen LogP contribution in [-0.4, -0.2) is 32.6 Å². The Morgan fingerprint density at radius 3 is 2.50 bits per heavy atom. The summed E-state index contributed by atoms with van der Waals surface area (Å²) in [6.07, 6.45) is 0. The van der Waals surface area contributed by atoms with Crippen LogP contribution in [0.25, 0.3) is 0 Å². The number of rotatable bonds is 5. The van der Waals surface area contributed by atoms with Crippen molar-refractivity contribution in [2.45, 2.75) is 6.92 Å². The third-order valence-corrected chi connectivity index (χ3v) is 2.70. The summed E-state index contributed by atoms with van der Waals surface area (Å²) in [5.41, 5.74) is 0. The van der Waals surface area contributed by atoms with Crippen molar-refractivity contribution in [3.8, 4) is 0 Å². The Kier molecular flexibility index (Phi) is 5.19. The van der Waals surface area contributed by atoms with Crippen molar-refractivity contribution in [3.05, 3.63) is 0 Å². The van der Waals surface area contributed by atoms with Crippen molar-refractivity contribution < 1.29 is 13.2 Å². The van der Waals surface area contributed by atoms with E-state index in [0.29, 0.717) is 6.54 Å². The summed E-state index contributed by atoms with van der Waals surface area (Å²) < 4.78 is 23.4. The van der Waals surface area contributed by atoms with Crippen molar-refractivity contribution in [2.24, 2.45) is 0 Å². The van der Waals surface area contributed by atoms with Gasteiger partial charge in [-0.15, -0.1) is 11.6 Å². The molecule has 1 amide bonds. The van der Waals surface area contributed by atoms with E-state index in [1.807, 2.05) is 4.72 Å². The highest BCUT2D eigenvalue weighted by Gasteiger charge is 2.09. The minimum absolute atomic E-state index is 0.261. The molecule has 0 bridgehead atoms. The van der Waals surface area contributed by atoms with Crippen molar-refractivity contribution in [3.63, 3.8) is 0 Å². The van der Waals surface area contributed by atoms with Crippen LogP contribution >= 0.6 is 11.6 Å². The molecule has 0 rings (SSSR count). The quantitative estimate of drug-likeness (QED) is 0.591. The average Bonchev–Trinajstić information content (AvgIpc) is 2.02. The molecule has 0 spiro atoms. The Bertz CT molecular complexity index is 239. The zero-order valence-corrected chi connectivity index (χ0v) is 8.20. The second-order valence-electron chi connectivity index (χ2n) is 2.00. The minimum Gasteiger partial charge on any atom is -0.355 e. The number of likely N-dealkylation sites (N-methyl/N-ethyl adjacent to an activating group) is 1. The van der Waals surface area contributed by atoms with Gasteiger partial charge in [0.15, 0.2) is 0 Å². The molecule has 0 unspecified atom stereocenters. The van der Waals surface area contributed by atoms with Crippen LogP contribution in [0, 0.1) is 0 Å². The van der Waals surface area contributed by atoms with E-state index in [-0.39, 0.29) is 12.5 Å². The summed E-state index contributed by atoms with van der Waals surface area (Å²) in [5.74, 6) is -0.369. The molecule has 0 aliphatic rings. The van der Waals surface area contributed by atoms with Gasteiger partial charge in [0.2, 0.25) is 15.9 Å². The summed E-state index contributed by atoms with van der Waals surface area (Å²) in [5, 5.41) is 1.90. The van der Waals surface area contributed by atoms with Crippen LogP contribution in [0.4, 0.5) is 0 Å². The number of amides is 1. The van der Waals surface area contributed by atoms with Gasteiger partial charge in [0.1, 0.15) is 5.21 Å². The maximum atomic E-state index is 10.7. The molecule has 0 aromatic carbocycles. The van der Waals surface area contributed by atoms with Gasteiger partial charge in [0, 0.05) is 6.54 Å². The first-order chi connectivity index (χ1) is 5.52. The highest BCUT2D eigenvalue weighted by molar-refractivity contribution is 7.90. The Morgan fingerprint density at radius 1 is 1.50 bits per heavy atom. The van der Waals surface area contributed by atoms with Crippen LogP contribution in [0.3, 0.4) is 0 Å². The molecular weight excluding hydrogens is 204 g/mol. The molecule has 2 N–H and O–H groups in total. The largest absolute Gasteiger partial charge is 0.355 e. The van der Waals surface area contributed by atoms with Gasteiger partial charge in [-0.2, -0.15) is 0 Å². The Morgan fingerprint density at radius 2 is 2.08 bits per heavy atom. The number of nitrogens with one attached hydrogen (secondary N) is 2. The van der Waals surface area contributed by atoms with E-state index in [1.165, 1.54) is 0 Å². The van der Waals surface area contributed by atoms with E-state index in [2.05, 4.69) is 5.32 Å². The molecular formula is C5H11ClN2O3S. The fraction of sp³-hybridized carbons (Fsp3) is 0.800. The lowest BCUT2D eigenvalue weighted by Gasteiger charge is -2.02. The lowest BCUT2D eigenvalue weighted by Crippen LogP contribution is -2.37. The van der Waals surface area contributed by atoms with Crippen molar-refractivity contribution >= 4 is 27.5 Å². The smallest absolute Gasteiger partial charge is 0.235 e. The Labute approximate surface area is 76.5 Å². The molecule has 0 saturated heterocycles. The number of hydrogen-bond donors (Lipinski definition) is 2. The molecule has 0 aromatic heterocycles. The molecule has 72 valence electrons. The summed E-state index contributed by atoms with van der Waals surface area (Å²) in [6.45, 7) is 1.96. The van der Waals surface area contributed by atoms with Crippen molar-refractivity contribution in [2.75, 3.05) is 18.3 Å². The first-order valence-electron chi connectivity index (χ1n) is 3.32. The monoisotopic (exact) mass is 214 g/mol. The first-order valence-corrected chi connectivity index (χ1v) is 5.50. The van der Waals surface area contributed by atoms with Gasteiger partial charge in [-0.3, -0.25) is 4.79 Å². The van der Waals surface area contributed by atoms with Crippen LogP contribution in [0.2, 0.25) is 0 Å². The summed E-state index contributed by atoms with van der Waals surface area (Å²) in [7, 11) is -3.48. The number of hydrogen-bond acceptors (Lipinski definition) is 3. The standard InChI is InChI=1S/C5H11ClN2O3S/c1-2-7-5(9)3-8-12(10,11)4-6/h8H,2-4H2,1H3,(H,7,9). The highest BCUT2D eigenvalue weighted by Crippen LogP contribution is 1.86. The number of sulfonamides is 1. The molecule has 5 nitrogen and oxygen atoms in total. The molecule has 12 heavy (non-hydrogen) atoms. The maximum Gasteiger partial charge on any atom is 0.235 e. The maximum absolute atomic E-state index is 10.7. The predicted molar refractivity (Wildman–Crippen MR) is 46.3 cm³/mol. The van der Waals surface area contributed by atoms with Gasteiger partial charge in [0.05, 0.1) is 6.54 Å². The van der Waals surface area contributed by atoms with Crippen molar-refractivity contribution in [1.82, 2.24) is 10.0 Å². The molecule has 0 heterocycles. The van der Waals surface area contributed by atoms with E-state index in [4.69, 9.17) is 11.6 Å². The van der Waals surface area contributed by atoms with E-state index >= 15 is 0 Å². The van der Waals surface area contributed by atoms with E-state index in [9.17, 15) is 13.2 Å². The molecule has 0 aromatic rings. The van der Waals surface area contributed by atoms with E-state index in [1.54, 1.807) is 6.92 Å². The van der Waals surface area contributed by atoms with Crippen LogP contribution in [-0.2, 0) is 14.8 Å². The topological polar surface area (TPSA) is 75.3 Å². The zero-order valence-electron chi connectivity index (χ0n) is 6.63. The molecule has 0 radical (unpaired) electrons. The second-order valence-corrected chi connectivity index (χ2v) is 4.39. The Hall–Kier alpha value is -0.330. The van der Waals surface area contributed by atoms with E-state index in [0.717, 1.165) is 0 Å². The van der Waals surface area contributed by atoms with Gasteiger partial charge >= 0.3 is 0 Å². The highest BCUT2D eigenvalue weighted by atomic mass is 35.5. The van der Waals surface area contributed by atoms with E-state index < -0.39 is 15.2 Å². The summed E-state index contributed by atoms with van der Waals surface area (Å²) in [6, 6.07) is 0. The van der Waals surface area contributed by atoms with Gasteiger partial charge in [0.25, 0.3) is 0 Å². The predicted octanol–water partition coefficient (Wildman–Crippen LogP) is -0.762. The van der Waals surface area contributed by atoms with Crippen LogP contribution in [0.1, 0.15) is 6.92 Å². The van der Waals surface area contributed by atoms with Crippen LogP contribution in [0.5, 0.6) is 0 Å². The number of halogens is 1. The molecule has 0 fully saturated rings. The number of carbonyl (C=O) groups excluding carboxylic acids is 1. The average molecular weight is 215 g/mol. The first kappa shape index (κ1) is 11.7. The number of carbonyl (C=O) groups is 1. The molecule has 0 atom stereocenters. The number of alkyl halides is 1. The SMILES string of the molecule is CCNC(=O)CNS(=O)(=O)CCl. The molecule has 0 saturated carbocycles. The third kappa shape index (κ3) is 5.34. The second kappa shape index (κ2) is 5.34. The fourth-order valence-electron chi connectivity index (χ4n) is 0.474. The van der Waals surface area contributed by atoms with Gasteiger partial charge < -0.3 is 5.32 Å². The van der Waals surface area contributed by atoms with Gasteiger partial charge in [-0.25, -0.2) is 13.1 Å². The third-order valence-electron chi connectivity index (χ3n) is 0.970. The molecule has 7 heteroatoms. The molecule has 0 aliphatic heterocycles. The van der Waals surface area contributed by atoms with Gasteiger partial charge in [-0.05, 0) is 6.92 Å². The zero-order chi connectivity index (χ0) is 9.61. The van der Waals surface area contributed by atoms with Crippen LogP contribution in [0.15, 0.2) is 0 Å². The van der Waals surface area contributed by atoms with Crippen molar-refractivity contribution in [1.29, 1.82) is 0 Å².